The van der Waals surface area contributed by atoms with Gasteiger partial charge in [0.05, 0.1) is 0 Å². The first kappa shape index (κ1) is 14.2. The minimum Gasteiger partial charge on any atom is -0.486 e. The largest absolute Gasteiger partial charge is 0.486 e. The van der Waals surface area contributed by atoms with Crippen molar-refractivity contribution in [2.75, 3.05) is 13.2 Å². The molecule has 1 unspecified atom stereocenters. The van der Waals surface area contributed by atoms with Gasteiger partial charge in [-0.05, 0) is 30.3 Å². The van der Waals surface area contributed by atoms with E-state index in [-0.39, 0.29) is 11.9 Å². The Bertz CT molecular complexity index is 635. The molecule has 2 aromatic rings. The second kappa shape index (κ2) is 6.33. The van der Waals surface area contributed by atoms with Gasteiger partial charge in [-0.1, -0.05) is 23.7 Å². The number of nitrogens with one attached hydrogen (secondary N) is 1. The highest BCUT2D eigenvalue weighted by Crippen LogP contribution is 2.30. The Morgan fingerprint density at radius 1 is 1.19 bits per heavy atom. The van der Waals surface area contributed by atoms with Crippen LogP contribution in [0.3, 0.4) is 0 Å². The van der Waals surface area contributed by atoms with E-state index in [1.807, 2.05) is 24.3 Å². The van der Waals surface area contributed by atoms with Gasteiger partial charge < -0.3 is 14.8 Å². The lowest BCUT2D eigenvalue weighted by Crippen LogP contribution is -2.38. The van der Waals surface area contributed by atoms with E-state index in [9.17, 15) is 4.39 Å². The van der Waals surface area contributed by atoms with Crippen LogP contribution < -0.4 is 14.8 Å². The lowest BCUT2D eigenvalue weighted by Gasteiger charge is -2.26. The molecule has 0 radical (unpaired) electrons. The topological polar surface area (TPSA) is 30.5 Å². The minimum atomic E-state index is -0.266. The fourth-order valence-corrected chi connectivity index (χ4v) is 2.40. The maximum Gasteiger partial charge on any atom is 0.161 e. The molecule has 0 aliphatic carbocycles. The number of halogens is 2. The standard InChI is InChI=1S/C16H15ClFNO2/c17-12-5-6-14(18)11(7-12)8-19-9-13-10-20-15-3-1-2-4-16(15)21-13/h1-7,13,19H,8-10H2. The highest BCUT2D eigenvalue weighted by Gasteiger charge is 2.20. The molecule has 0 saturated carbocycles. The van der Waals surface area contributed by atoms with Crippen molar-refractivity contribution in [1.82, 2.24) is 5.32 Å². The summed E-state index contributed by atoms with van der Waals surface area (Å²) < 4.78 is 25.0. The molecule has 1 atom stereocenters. The van der Waals surface area contributed by atoms with Gasteiger partial charge in [0.2, 0.25) is 0 Å². The second-order valence-corrected chi connectivity index (χ2v) is 5.30. The average molecular weight is 308 g/mol. The van der Waals surface area contributed by atoms with Gasteiger partial charge in [0.15, 0.2) is 11.5 Å². The summed E-state index contributed by atoms with van der Waals surface area (Å²) in [5.74, 6) is 1.23. The van der Waals surface area contributed by atoms with Crippen LogP contribution in [0.4, 0.5) is 4.39 Å². The lowest BCUT2D eigenvalue weighted by atomic mass is 10.2. The normalized spacial score (nSPS) is 16.8. The van der Waals surface area contributed by atoms with Gasteiger partial charge in [0, 0.05) is 23.7 Å². The molecule has 3 rings (SSSR count). The van der Waals surface area contributed by atoms with Gasteiger partial charge >= 0.3 is 0 Å². The summed E-state index contributed by atoms with van der Waals surface area (Å²) in [6.45, 7) is 1.44. The van der Waals surface area contributed by atoms with Crippen LogP contribution in [-0.4, -0.2) is 19.3 Å². The third-order valence-electron chi connectivity index (χ3n) is 3.26. The zero-order valence-corrected chi connectivity index (χ0v) is 12.1. The SMILES string of the molecule is Fc1ccc(Cl)cc1CNCC1COc2ccccc2O1. The van der Waals surface area contributed by atoms with Crippen LogP contribution in [0.1, 0.15) is 5.56 Å². The van der Waals surface area contributed by atoms with Gasteiger partial charge in [-0.25, -0.2) is 4.39 Å². The quantitative estimate of drug-likeness (QED) is 0.939. The van der Waals surface area contributed by atoms with E-state index in [1.165, 1.54) is 12.1 Å². The van der Waals surface area contributed by atoms with Crippen molar-refractivity contribution in [2.45, 2.75) is 12.6 Å². The van der Waals surface area contributed by atoms with Crippen LogP contribution in [-0.2, 0) is 6.54 Å². The van der Waals surface area contributed by atoms with Crippen LogP contribution in [0.15, 0.2) is 42.5 Å². The van der Waals surface area contributed by atoms with Crippen LogP contribution in [0.25, 0.3) is 0 Å². The minimum absolute atomic E-state index is 0.0952. The van der Waals surface area contributed by atoms with Crippen molar-refractivity contribution in [2.24, 2.45) is 0 Å². The molecule has 110 valence electrons. The van der Waals surface area contributed by atoms with E-state index < -0.39 is 0 Å². The van der Waals surface area contributed by atoms with E-state index >= 15 is 0 Å². The molecule has 0 saturated heterocycles. The Labute approximate surface area is 127 Å². The van der Waals surface area contributed by atoms with E-state index in [1.54, 1.807) is 6.07 Å². The molecule has 1 aliphatic rings. The zero-order valence-electron chi connectivity index (χ0n) is 11.3. The van der Waals surface area contributed by atoms with Crippen LogP contribution in [0.5, 0.6) is 11.5 Å². The molecule has 2 aromatic carbocycles. The van der Waals surface area contributed by atoms with E-state index in [2.05, 4.69) is 5.32 Å². The van der Waals surface area contributed by atoms with E-state index in [0.717, 1.165) is 11.5 Å². The second-order valence-electron chi connectivity index (χ2n) is 4.86. The van der Waals surface area contributed by atoms with Crippen molar-refractivity contribution < 1.29 is 13.9 Å². The number of benzene rings is 2. The highest BCUT2D eigenvalue weighted by molar-refractivity contribution is 6.30. The maximum absolute atomic E-state index is 13.6. The molecule has 0 spiro atoms. The summed E-state index contributed by atoms with van der Waals surface area (Å²) in [5.41, 5.74) is 0.541. The Hall–Kier alpha value is -1.78. The molecule has 0 bridgehead atoms. The molecular weight excluding hydrogens is 293 g/mol. The molecule has 1 N–H and O–H groups in total. The predicted molar refractivity (Wildman–Crippen MR) is 79.5 cm³/mol. The third kappa shape index (κ3) is 3.46. The zero-order chi connectivity index (χ0) is 14.7. The highest BCUT2D eigenvalue weighted by atomic mass is 35.5. The number of rotatable bonds is 4. The molecule has 1 aliphatic heterocycles. The molecule has 3 nitrogen and oxygen atoms in total. The average Bonchev–Trinajstić information content (AvgIpc) is 2.50. The first-order valence-corrected chi connectivity index (χ1v) is 7.13. The number of para-hydroxylation sites is 2. The van der Waals surface area contributed by atoms with Crippen molar-refractivity contribution >= 4 is 11.6 Å². The van der Waals surface area contributed by atoms with Gasteiger partial charge in [-0.2, -0.15) is 0 Å². The smallest absolute Gasteiger partial charge is 0.161 e. The molecule has 21 heavy (non-hydrogen) atoms. The Balaban J connectivity index is 1.54. The number of hydrogen-bond donors (Lipinski definition) is 1. The van der Waals surface area contributed by atoms with Gasteiger partial charge in [-0.3, -0.25) is 0 Å². The predicted octanol–water partition coefficient (Wildman–Crippen LogP) is 3.41. The van der Waals surface area contributed by atoms with Crippen molar-refractivity contribution in [3.63, 3.8) is 0 Å². The number of hydrogen-bond acceptors (Lipinski definition) is 3. The molecular formula is C16H15ClFNO2. The number of ether oxygens (including phenoxy) is 2. The first-order valence-electron chi connectivity index (χ1n) is 6.75. The van der Waals surface area contributed by atoms with Crippen LogP contribution in [0, 0.1) is 5.82 Å². The molecule has 0 aromatic heterocycles. The Morgan fingerprint density at radius 2 is 2.00 bits per heavy atom. The molecule has 1 heterocycles. The Kier molecular flexibility index (Phi) is 4.27. The van der Waals surface area contributed by atoms with E-state index in [4.69, 9.17) is 21.1 Å². The third-order valence-corrected chi connectivity index (χ3v) is 3.50. The summed E-state index contributed by atoms with van der Waals surface area (Å²) >= 11 is 5.86. The first-order chi connectivity index (χ1) is 10.2. The molecule has 0 amide bonds. The summed E-state index contributed by atoms with van der Waals surface area (Å²) in [6, 6.07) is 12.1. The van der Waals surface area contributed by atoms with Gasteiger partial charge in [-0.15, -0.1) is 0 Å². The summed E-state index contributed by atoms with van der Waals surface area (Å²) in [4.78, 5) is 0. The molecule has 0 fully saturated rings. The maximum atomic E-state index is 13.6. The van der Waals surface area contributed by atoms with E-state index in [0.29, 0.717) is 30.3 Å². The fraction of sp³-hybridized carbons (Fsp3) is 0.250. The lowest BCUT2D eigenvalue weighted by molar-refractivity contribution is 0.0901. The van der Waals surface area contributed by atoms with Gasteiger partial charge in [0.1, 0.15) is 18.5 Å². The monoisotopic (exact) mass is 307 g/mol. The number of fused-ring (bicyclic) bond motifs is 1. The molecule has 5 heteroatoms. The summed E-state index contributed by atoms with van der Waals surface area (Å²) in [6.07, 6.45) is -0.0952. The van der Waals surface area contributed by atoms with Crippen molar-refractivity contribution in [3.8, 4) is 11.5 Å². The van der Waals surface area contributed by atoms with Crippen molar-refractivity contribution in [1.29, 1.82) is 0 Å². The van der Waals surface area contributed by atoms with Gasteiger partial charge in [0.25, 0.3) is 0 Å². The fourth-order valence-electron chi connectivity index (χ4n) is 2.21. The Morgan fingerprint density at radius 3 is 2.86 bits per heavy atom. The summed E-state index contributed by atoms with van der Waals surface area (Å²) in [7, 11) is 0. The summed E-state index contributed by atoms with van der Waals surface area (Å²) in [5, 5.41) is 3.69. The van der Waals surface area contributed by atoms with Crippen LogP contribution in [0.2, 0.25) is 5.02 Å². The van der Waals surface area contributed by atoms with Crippen LogP contribution >= 0.6 is 11.6 Å². The van der Waals surface area contributed by atoms with Crippen molar-refractivity contribution in [3.05, 3.63) is 58.9 Å².